The number of aromatic nitrogens is 4. The fourth-order valence-corrected chi connectivity index (χ4v) is 2.56. The second kappa shape index (κ2) is 8.10. The highest BCUT2D eigenvalue weighted by molar-refractivity contribution is 6.30. The highest BCUT2D eigenvalue weighted by Crippen LogP contribution is 2.19. The molecule has 0 bridgehead atoms. The molecular weight excluding hydrogens is 350 g/mol. The molecule has 0 spiro atoms. The van der Waals surface area contributed by atoms with E-state index in [1.54, 1.807) is 12.1 Å². The van der Waals surface area contributed by atoms with Crippen LogP contribution >= 0.6 is 11.6 Å². The van der Waals surface area contributed by atoms with Crippen molar-refractivity contribution in [2.75, 3.05) is 0 Å². The maximum atomic E-state index is 12.1. The highest BCUT2D eigenvalue weighted by atomic mass is 35.5. The Morgan fingerprint density at radius 3 is 2.46 bits per heavy atom. The third-order valence-electron chi connectivity index (χ3n) is 3.98. The lowest BCUT2D eigenvalue weighted by Gasteiger charge is -2.05. The quantitative estimate of drug-likeness (QED) is 0.722. The SMILES string of the molecule is CC(C)c1ccc(-c2nnn(CC(=O)NCc3ccc(Cl)cc3)n2)cc1. The summed E-state index contributed by atoms with van der Waals surface area (Å²) in [5.74, 6) is 0.793. The van der Waals surface area contributed by atoms with E-state index in [1.807, 2.05) is 24.3 Å². The van der Waals surface area contributed by atoms with Gasteiger partial charge in [-0.1, -0.05) is 61.8 Å². The number of hydrogen-bond acceptors (Lipinski definition) is 4. The summed E-state index contributed by atoms with van der Waals surface area (Å²) in [7, 11) is 0. The van der Waals surface area contributed by atoms with Crippen molar-refractivity contribution in [3.05, 3.63) is 64.7 Å². The van der Waals surface area contributed by atoms with Crippen LogP contribution in [-0.4, -0.2) is 26.1 Å². The van der Waals surface area contributed by atoms with Gasteiger partial charge < -0.3 is 5.32 Å². The molecule has 0 radical (unpaired) electrons. The van der Waals surface area contributed by atoms with Crippen LogP contribution in [0.1, 0.15) is 30.9 Å². The Kier molecular flexibility index (Phi) is 5.63. The first kappa shape index (κ1) is 18.1. The second-order valence-corrected chi connectivity index (χ2v) is 6.76. The van der Waals surface area contributed by atoms with Gasteiger partial charge in [-0.3, -0.25) is 4.79 Å². The van der Waals surface area contributed by atoms with E-state index in [-0.39, 0.29) is 12.5 Å². The summed E-state index contributed by atoms with van der Waals surface area (Å²) in [6.45, 7) is 4.73. The van der Waals surface area contributed by atoms with Gasteiger partial charge in [-0.05, 0) is 34.4 Å². The molecule has 0 unspecified atom stereocenters. The van der Waals surface area contributed by atoms with Crippen molar-refractivity contribution < 1.29 is 4.79 Å². The van der Waals surface area contributed by atoms with Crippen LogP contribution in [0.15, 0.2) is 48.5 Å². The molecule has 1 aromatic heterocycles. The van der Waals surface area contributed by atoms with Crippen LogP contribution in [0, 0.1) is 0 Å². The molecular formula is C19H20ClN5O. The number of nitrogens with one attached hydrogen (secondary N) is 1. The fourth-order valence-electron chi connectivity index (χ4n) is 2.43. The smallest absolute Gasteiger partial charge is 0.243 e. The van der Waals surface area contributed by atoms with Crippen LogP contribution in [0.5, 0.6) is 0 Å². The minimum absolute atomic E-state index is 0.0185. The first-order valence-electron chi connectivity index (χ1n) is 8.40. The maximum absolute atomic E-state index is 12.1. The van der Waals surface area contributed by atoms with Gasteiger partial charge >= 0.3 is 0 Å². The minimum Gasteiger partial charge on any atom is -0.350 e. The van der Waals surface area contributed by atoms with Gasteiger partial charge in [-0.15, -0.1) is 10.2 Å². The average Bonchev–Trinajstić information content (AvgIpc) is 3.10. The summed E-state index contributed by atoms with van der Waals surface area (Å²) in [5.41, 5.74) is 3.10. The minimum atomic E-state index is -0.181. The largest absolute Gasteiger partial charge is 0.350 e. The molecule has 1 amide bonds. The van der Waals surface area contributed by atoms with Gasteiger partial charge in [0.2, 0.25) is 11.7 Å². The number of rotatable bonds is 6. The maximum Gasteiger partial charge on any atom is 0.243 e. The highest BCUT2D eigenvalue weighted by Gasteiger charge is 2.10. The number of hydrogen-bond donors (Lipinski definition) is 1. The predicted molar refractivity (Wildman–Crippen MR) is 101 cm³/mol. The second-order valence-electron chi connectivity index (χ2n) is 6.32. The van der Waals surface area contributed by atoms with Crippen molar-refractivity contribution in [2.24, 2.45) is 0 Å². The number of carbonyl (C=O) groups excluding carboxylic acids is 1. The molecule has 3 aromatic rings. The molecule has 0 saturated heterocycles. The predicted octanol–water partition coefficient (Wildman–Crippen LogP) is 3.43. The molecule has 2 aromatic carbocycles. The van der Waals surface area contributed by atoms with Crippen molar-refractivity contribution in [3.63, 3.8) is 0 Å². The molecule has 134 valence electrons. The zero-order chi connectivity index (χ0) is 18.5. The van der Waals surface area contributed by atoms with E-state index < -0.39 is 0 Å². The van der Waals surface area contributed by atoms with Crippen LogP contribution in [0.25, 0.3) is 11.4 Å². The third kappa shape index (κ3) is 4.67. The van der Waals surface area contributed by atoms with E-state index in [1.165, 1.54) is 10.4 Å². The van der Waals surface area contributed by atoms with Crippen LogP contribution in [0.4, 0.5) is 0 Å². The monoisotopic (exact) mass is 369 g/mol. The molecule has 6 nitrogen and oxygen atoms in total. The van der Waals surface area contributed by atoms with E-state index in [2.05, 4.69) is 46.7 Å². The van der Waals surface area contributed by atoms with Crippen molar-refractivity contribution in [1.82, 2.24) is 25.5 Å². The number of carbonyl (C=O) groups is 1. The Morgan fingerprint density at radius 2 is 1.81 bits per heavy atom. The first-order chi connectivity index (χ1) is 12.5. The Hall–Kier alpha value is -2.73. The van der Waals surface area contributed by atoms with Crippen LogP contribution in [-0.2, 0) is 17.9 Å². The molecule has 0 aliphatic carbocycles. The fraction of sp³-hybridized carbons (Fsp3) is 0.263. The summed E-state index contributed by atoms with van der Waals surface area (Å²) in [4.78, 5) is 13.3. The standard InChI is InChI=1S/C19H20ClN5O/c1-13(2)15-5-7-16(8-6-15)19-22-24-25(23-19)12-18(26)21-11-14-3-9-17(20)10-4-14/h3-10,13H,11-12H2,1-2H3,(H,21,26). The molecule has 1 N–H and O–H groups in total. The van der Waals surface area contributed by atoms with Crippen LogP contribution in [0.3, 0.4) is 0 Å². The van der Waals surface area contributed by atoms with Crippen molar-refractivity contribution >= 4 is 17.5 Å². The van der Waals surface area contributed by atoms with Crippen LogP contribution < -0.4 is 5.32 Å². The summed E-state index contributed by atoms with van der Waals surface area (Å²) >= 11 is 5.84. The summed E-state index contributed by atoms with van der Waals surface area (Å²) in [6, 6.07) is 15.4. The van der Waals surface area contributed by atoms with Crippen molar-refractivity contribution in [3.8, 4) is 11.4 Å². The topological polar surface area (TPSA) is 72.7 Å². The van der Waals surface area contributed by atoms with E-state index in [0.717, 1.165) is 11.1 Å². The number of amides is 1. The molecule has 0 aliphatic heterocycles. The van der Waals surface area contributed by atoms with E-state index in [9.17, 15) is 4.79 Å². The molecule has 0 saturated carbocycles. The first-order valence-corrected chi connectivity index (χ1v) is 8.78. The molecule has 3 rings (SSSR count). The van der Waals surface area contributed by atoms with E-state index >= 15 is 0 Å². The van der Waals surface area contributed by atoms with Crippen molar-refractivity contribution in [1.29, 1.82) is 0 Å². The molecule has 1 heterocycles. The Bertz CT molecular complexity index is 872. The van der Waals surface area contributed by atoms with E-state index in [4.69, 9.17) is 11.6 Å². The summed E-state index contributed by atoms with van der Waals surface area (Å²) < 4.78 is 0. The molecule has 0 aliphatic rings. The van der Waals surface area contributed by atoms with Gasteiger partial charge in [0.15, 0.2) is 0 Å². The summed E-state index contributed by atoms with van der Waals surface area (Å²) in [6.07, 6.45) is 0. The lowest BCUT2D eigenvalue weighted by molar-refractivity contribution is -0.122. The van der Waals surface area contributed by atoms with Gasteiger partial charge in [0, 0.05) is 17.1 Å². The number of halogens is 1. The molecule has 7 heteroatoms. The van der Waals surface area contributed by atoms with Gasteiger partial charge in [-0.2, -0.15) is 4.80 Å². The zero-order valence-corrected chi connectivity index (χ0v) is 15.4. The van der Waals surface area contributed by atoms with Crippen LogP contribution in [0.2, 0.25) is 5.02 Å². The number of tetrazole rings is 1. The van der Waals surface area contributed by atoms with Crippen molar-refractivity contribution in [2.45, 2.75) is 32.9 Å². The molecule has 0 fully saturated rings. The van der Waals surface area contributed by atoms with Gasteiger partial charge in [-0.25, -0.2) is 0 Å². The average molecular weight is 370 g/mol. The summed E-state index contributed by atoms with van der Waals surface area (Å²) in [5, 5.41) is 15.8. The third-order valence-corrected chi connectivity index (χ3v) is 4.23. The Morgan fingerprint density at radius 1 is 1.12 bits per heavy atom. The normalized spacial score (nSPS) is 10.9. The lowest BCUT2D eigenvalue weighted by atomic mass is 10.0. The molecule has 26 heavy (non-hydrogen) atoms. The number of benzene rings is 2. The molecule has 0 atom stereocenters. The Balaban J connectivity index is 1.57. The lowest BCUT2D eigenvalue weighted by Crippen LogP contribution is -2.28. The van der Waals surface area contributed by atoms with Gasteiger partial charge in [0.05, 0.1) is 0 Å². The number of nitrogens with zero attached hydrogens (tertiary/aromatic N) is 4. The van der Waals surface area contributed by atoms with E-state index in [0.29, 0.717) is 23.3 Å². The zero-order valence-electron chi connectivity index (χ0n) is 14.7. The van der Waals surface area contributed by atoms with Gasteiger partial charge in [0.25, 0.3) is 0 Å². The Labute approximate surface area is 157 Å². The van der Waals surface area contributed by atoms with Gasteiger partial charge in [0.1, 0.15) is 6.54 Å².